The van der Waals surface area contributed by atoms with E-state index in [2.05, 4.69) is 22.5 Å². The SMILES string of the molecule is Cc1cc2c(n1Cc1ccccn1)CCCC2O. The van der Waals surface area contributed by atoms with Crippen LogP contribution in [0, 0.1) is 6.92 Å². The molecule has 0 fully saturated rings. The summed E-state index contributed by atoms with van der Waals surface area (Å²) in [5.41, 5.74) is 4.69. The fourth-order valence-corrected chi connectivity index (χ4v) is 2.81. The van der Waals surface area contributed by atoms with Gasteiger partial charge < -0.3 is 9.67 Å². The van der Waals surface area contributed by atoms with Crippen LogP contribution in [0.15, 0.2) is 30.5 Å². The van der Waals surface area contributed by atoms with Gasteiger partial charge in [-0.2, -0.15) is 0 Å². The third kappa shape index (κ3) is 1.95. The Kier molecular flexibility index (Phi) is 2.92. The standard InChI is InChI=1S/C15H18N2O/c1-11-9-13-14(6-4-7-15(13)18)17(11)10-12-5-2-3-8-16-12/h2-3,5,8-9,15,18H,4,6-7,10H2,1H3. The fourth-order valence-electron chi connectivity index (χ4n) is 2.81. The number of pyridine rings is 1. The number of hydrogen-bond donors (Lipinski definition) is 1. The Morgan fingerprint density at radius 2 is 2.33 bits per heavy atom. The largest absolute Gasteiger partial charge is 0.388 e. The second kappa shape index (κ2) is 4.58. The first-order chi connectivity index (χ1) is 8.75. The monoisotopic (exact) mass is 242 g/mol. The van der Waals surface area contributed by atoms with Crippen molar-refractivity contribution in [2.45, 2.75) is 38.8 Å². The van der Waals surface area contributed by atoms with Crippen molar-refractivity contribution in [3.63, 3.8) is 0 Å². The highest BCUT2D eigenvalue weighted by Gasteiger charge is 2.22. The molecule has 2 heterocycles. The highest BCUT2D eigenvalue weighted by Crippen LogP contribution is 2.32. The number of aliphatic hydroxyl groups excluding tert-OH is 1. The molecule has 0 bridgehead atoms. The molecule has 18 heavy (non-hydrogen) atoms. The van der Waals surface area contributed by atoms with E-state index in [9.17, 15) is 5.11 Å². The van der Waals surface area contributed by atoms with Crippen molar-refractivity contribution < 1.29 is 5.11 Å². The van der Waals surface area contributed by atoms with Crippen molar-refractivity contribution in [3.05, 3.63) is 53.1 Å². The predicted molar refractivity (Wildman–Crippen MR) is 70.4 cm³/mol. The van der Waals surface area contributed by atoms with E-state index in [1.54, 1.807) is 0 Å². The van der Waals surface area contributed by atoms with Gasteiger partial charge in [0.2, 0.25) is 0 Å². The molecule has 94 valence electrons. The molecule has 0 amide bonds. The first-order valence-electron chi connectivity index (χ1n) is 6.52. The van der Waals surface area contributed by atoms with E-state index in [0.29, 0.717) is 0 Å². The van der Waals surface area contributed by atoms with Gasteiger partial charge in [0.05, 0.1) is 18.3 Å². The maximum atomic E-state index is 10.0. The molecule has 3 heteroatoms. The Morgan fingerprint density at radius 3 is 3.11 bits per heavy atom. The molecule has 1 aliphatic rings. The Hall–Kier alpha value is -1.61. The average molecular weight is 242 g/mol. The second-order valence-corrected chi connectivity index (χ2v) is 5.00. The molecular weight excluding hydrogens is 224 g/mol. The first-order valence-corrected chi connectivity index (χ1v) is 6.52. The molecule has 3 nitrogen and oxygen atoms in total. The maximum Gasteiger partial charge on any atom is 0.0807 e. The van der Waals surface area contributed by atoms with Crippen LogP contribution in [0.25, 0.3) is 0 Å². The summed E-state index contributed by atoms with van der Waals surface area (Å²) in [6.07, 6.45) is 4.57. The third-order valence-electron chi connectivity index (χ3n) is 3.75. The highest BCUT2D eigenvalue weighted by atomic mass is 16.3. The van der Waals surface area contributed by atoms with Gasteiger partial charge in [0.1, 0.15) is 0 Å². The summed E-state index contributed by atoms with van der Waals surface area (Å²) in [6, 6.07) is 8.13. The van der Waals surface area contributed by atoms with Gasteiger partial charge in [-0.05, 0) is 44.4 Å². The zero-order chi connectivity index (χ0) is 12.5. The molecule has 1 atom stereocenters. The lowest BCUT2D eigenvalue weighted by Crippen LogP contribution is -2.13. The second-order valence-electron chi connectivity index (χ2n) is 5.00. The number of aromatic nitrogens is 2. The van der Waals surface area contributed by atoms with Gasteiger partial charge in [-0.3, -0.25) is 4.98 Å². The van der Waals surface area contributed by atoms with Gasteiger partial charge in [0.25, 0.3) is 0 Å². The number of aryl methyl sites for hydroxylation is 1. The van der Waals surface area contributed by atoms with E-state index in [0.717, 1.165) is 37.1 Å². The minimum absolute atomic E-state index is 0.280. The Labute approximate surface area is 107 Å². The molecule has 1 aliphatic carbocycles. The van der Waals surface area contributed by atoms with E-state index in [-0.39, 0.29) is 6.10 Å². The van der Waals surface area contributed by atoms with Gasteiger partial charge in [-0.25, -0.2) is 0 Å². The van der Waals surface area contributed by atoms with E-state index in [1.807, 2.05) is 24.4 Å². The van der Waals surface area contributed by atoms with Gasteiger partial charge in [-0.15, -0.1) is 0 Å². The van der Waals surface area contributed by atoms with Crippen molar-refractivity contribution in [1.29, 1.82) is 0 Å². The lowest BCUT2D eigenvalue weighted by atomic mass is 9.95. The van der Waals surface area contributed by atoms with Crippen molar-refractivity contribution in [1.82, 2.24) is 9.55 Å². The smallest absolute Gasteiger partial charge is 0.0807 e. The highest BCUT2D eigenvalue weighted by molar-refractivity contribution is 5.32. The molecule has 0 aliphatic heterocycles. The zero-order valence-corrected chi connectivity index (χ0v) is 10.6. The molecule has 0 saturated carbocycles. The quantitative estimate of drug-likeness (QED) is 0.879. The van der Waals surface area contributed by atoms with Crippen LogP contribution in [-0.2, 0) is 13.0 Å². The normalized spacial score (nSPS) is 18.7. The summed E-state index contributed by atoms with van der Waals surface area (Å²) in [6.45, 7) is 2.91. The Balaban J connectivity index is 1.97. The van der Waals surface area contributed by atoms with E-state index >= 15 is 0 Å². The lowest BCUT2D eigenvalue weighted by molar-refractivity contribution is 0.155. The summed E-state index contributed by atoms with van der Waals surface area (Å²) in [4.78, 5) is 4.38. The number of nitrogens with zero attached hydrogens (tertiary/aromatic N) is 2. The molecule has 2 aromatic heterocycles. The number of hydrogen-bond acceptors (Lipinski definition) is 2. The van der Waals surface area contributed by atoms with Crippen molar-refractivity contribution >= 4 is 0 Å². The summed E-state index contributed by atoms with van der Waals surface area (Å²) in [7, 11) is 0. The third-order valence-corrected chi connectivity index (χ3v) is 3.75. The summed E-state index contributed by atoms with van der Waals surface area (Å²) in [5.74, 6) is 0. The van der Waals surface area contributed by atoms with Crippen LogP contribution in [0.2, 0.25) is 0 Å². The summed E-state index contributed by atoms with van der Waals surface area (Å²) in [5, 5.41) is 10.0. The van der Waals surface area contributed by atoms with Gasteiger partial charge in [-0.1, -0.05) is 6.07 Å². The average Bonchev–Trinajstić information content (AvgIpc) is 2.70. The lowest BCUT2D eigenvalue weighted by Gasteiger charge is -2.20. The molecule has 0 radical (unpaired) electrons. The molecular formula is C15H18N2O. The van der Waals surface area contributed by atoms with Crippen LogP contribution in [-0.4, -0.2) is 14.7 Å². The molecule has 0 aromatic carbocycles. The molecule has 3 rings (SSSR count). The molecule has 1 unspecified atom stereocenters. The maximum absolute atomic E-state index is 10.0. The number of aliphatic hydroxyl groups is 1. The Bertz CT molecular complexity index is 545. The van der Waals surface area contributed by atoms with Crippen molar-refractivity contribution in [3.8, 4) is 0 Å². The topological polar surface area (TPSA) is 38.0 Å². The molecule has 0 saturated heterocycles. The van der Waals surface area contributed by atoms with Crippen LogP contribution < -0.4 is 0 Å². The van der Waals surface area contributed by atoms with Gasteiger partial charge >= 0.3 is 0 Å². The van der Waals surface area contributed by atoms with E-state index < -0.39 is 0 Å². The van der Waals surface area contributed by atoms with E-state index in [1.165, 1.54) is 11.4 Å². The Morgan fingerprint density at radius 1 is 1.44 bits per heavy atom. The minimum atomic E-state index is -0.280. The zero-order valence-electron chi connectivity index (χ0n) is 10.6. The molecule has 1 N–H and O–H groups in total. The predicted octanol–water partition coefficient (Wildman–Crippen LogP) is 2.61. The van der Waals surface area contributed by atoms with Crippen LogP contribution in [0.5, 0.6) is 0 Å². The van der Waals surface area contributed by atoms with Crippen LogP contribution >= 0.6 is 0 Å². The number of rotatable bonds is 2. The van der Waals surface area contributed by atoms with Crippen LogP contribution in [0.1, 0.15) is 41.6 Å². The molecule has 2 aromatic rings. The van der Waals surface area contributed by atoms with Crippen LogP contribution in [0.3, 0.4) is 0 Å². The van der Waals surface area contributed by atoms with Gasteiger partial charge in [0.15, 0.2) is 0 Å². The number of fused-ring (bicyclic) bond motifs is 1. The van der Waals surface area contributed by atoms with Gasteiger partial charge in [0, 0.05) is 23.1 Å². The van der Waals surface area contributed by atoms with Crippen molar-refractivity contribution in [2.24, 2.45) is 0 Å². The summed E-state index contributed by atoms with van der Waals surface area (Å²) >= 11 is 0. The fraction of sp³-hybridized carbons (Fsp3) is 0.400. The molecule has 0 spiro atoms. The summed E-state index contributed by atoms with van der Waals surface area (Å²) < 4.78 is 2.29. The van der Waals surface area contributed by atoms with Crippen molar-refractivity contribution in [2.75, 3.05) is 0 Å². The first kappa shape index (κ1) is 11.5. The van der Waals surface area contributed by atoms with E-state index in [4.69, 9.17) is 0 Å². The minimum Gasteiger partial charge on any atom is -0.388 e. The van der Waals surface area contributed by atoms with Crippen LogP contribution in [0.4, 0.5) is 0 Å².